The van der Waals surface area contributed by atoms with Crippen LogP contribution in [0.5, 0.6) is 0 Å². The van der Waals surface area contributed by atoms with Crippen molar-refractivity contribution >= 4 is 38.3 Å². The molecule has 0 N–H and O–H groups in total. The van der Waals surface area contributed by atoms with Crippen LogP contribution in [0.2, 0.25) is 0 Å². The highest BCUT2D eigenvalue weighted by Gasteiger charge is 2.03. The van der Waals surface area contributed by atoms with Crippen LogP contribution in [-0.4, -0.2) is 9.97 Å². The van der Waals surface area contributed by atoms with Crippen molar-refractivity contribution < 1.29 is 0 Å². The van der Waals surface area contributed by atoms with Gasteiger partial charge < -0.3 is 0 Å². The third-order valence-corrected chi connectivity index (χ3v) is 3.50. The van der Waals surface area contributed by atoms with Gasteiger partial charge in [-0.1, -0.05) is 15.9 Å². The van der Waals surface area contributed by atoms with Gasteiger partial charge >= 0.3 is 0 Å². The number of thiophene rings is 1. The van der Waals surface area contributed by atoms with E-state index >= 15 is 0 Å². The van der Waals surface area contributed by atoms with Crippen LogP contribution in [0.25, 0.3) is 22.3 Å². The fourth-order valence-electron chi connectivity index (χ4n) is 1.53. The van der Waals surface area contributed by atoms with E-state index in [9.17, 15) is 0 Å². The Morgan fingerprint density at radius 3 is 2.88 bits per heavy atom. The van der Waals surface area contributed by atoms with Crippen molar-refractivity contribution in [2.24, 2.45) is 0 Å². The van der Waals surface area contributed by atoms with Crippen molar-refractivity contribution in [2.45, 2.75) is 0 Å². The zero-order chi connectivity index (χ0) is 11.0. The van der Waals surface area contributed by atoms with Crippen molar-refractivity contribution in [3.63, 3.8) is 0 Å². The van der Waals surface area contributed by atoms with E-state index in [2.05, 4.69) is 37.3 Å². The van der Waals surface area contributed by atoms with Gasteiger partial charge in [-0.05, 0) is 29.6 Å². The van der Waals surface area contributed by atoms with Crippen LogP contribution in [-0.2, 0) is 0 Å². The zero-order valence-corrected chi connectivity index (χ0v) is 10.6. The Kier molecular flexibility index (Phi) is 2.46. The third kappa shape index (κ3) is 1.74. The monoisotopic (exact) mass is 290 g/mol. The minimum Gasteiger partial charge on any atom is -0.252 e. The summed E-state index contributed by atoms with van der Waals surface area (Å²) in [6.07, 6.45) is 1.82. The van der Waals surface area contributed by atoms with E-state index in [1.807, 2.05) is 29.8 Å². The van der Waals surface area contributed by atoms with Crippen LogP contribution < -0.4 is 0 Å². The average molecular weight is 291 g/mol. The summed E-state index contributed by atoms with van der Waals surface area (Å²) in [7, 11) is 0. The minimum atomic E-state index is 0.911. The Morgan fingerprint density at radius 2 is 2.06 bits per heavy atom. The van der Waals surface area contributed by atoms with Crippen LogP contribution >= 0.6 is 27.3 Å². The maximum atomic E-state index is 4.58. The molecule has 16 heavy (non-hydrogen) atoms. The van der Waals surface area contributed by atoms with Crippen molar-refractivity contribution in [1.82, 2.24) is 9.97 Å². The van der Waals surface area contributed by atoms with E-state index < -0.39 is 0 Å². The van der Waals surface area contributed by atoms with Gasteiger partial charge in [0.1, 0.15) is 0 Å². The largest absolute Gasteiger partial charge is 0.252 e. The topological polar surface area (TPSA) is 25.8 Å². The van der Waals surface area contributed by atoms with Gasteiger partial charge in [0.15, 0.2) is 0 Å². The minimum absolute atomic E-state index is 0.911. The number of rotatable bonds is 1. The number of halogens is 1. The van der Waals surface area contributed by atoms with E-state index in [0.717, 1.165) is 26.8 Å². The molecule has 0 spiro atoms. The molecule has 0 fully saturated rings. The smallest absolute Gasteiger partial charge is 0.0901 e. The van der Waals surface area contributed by atoms with Crippen molar-refractivity contribution in [3.05, 3.63) is 45.7 Å². The highest BCUT2D eigenvalue weighted by Crippen LogP contribution is 2.22. The maximum Gasteiger partial charge on any atom is 0.0901 e. The molecule has 0 bridgehead atoms. The molecule has 0 aliphatic heterocycles. The van der Waals surface area contributed by atoms with Crippen LogP contribution in [0.15, 0.2) is 45.7 Å². The van der Waals surface area contributed by atoms with Gasteiger partial charge in [0.05, 0.1) is 22.9 Å². The molecular weight excluding hydrogens is 284 g/mol. The first-order valence-corrected chi connectivity index (χ1v) is 6.51. The van der Waals surface area contributed by atoms with Crippen LogP contribution in [0, 0.1) is 0 Å². The van der Waals surface area contributed by atoms with Crippen LogP contribution in [0.3, 0.4) is 0 Å². The molecule has 3 rings (SSSR count). The molecule has 0 atom stereocenters. The summed E-state index contributed by atoms with van der Waals surface area (Å²) in [5, 5.41) is 4.12. The lowest BCUT2D eigenvalue weighted by atomic mass is 10.2. The summed E-state index contributed by atoms with van der Waals surface area (Å²) in [6.45, 7) is 0. The van der Waals surface area contributed by atoms with Crippen molar-refractivity contribution in [3.8, 4) is 11.3 Å². The first-order chi connectivity index (χ1) is 7.83. The molecule has 2 nitrogen and oxygen atoms in total. The van der Waals surface area contributed by atoms with Crippen LogP contribution in [0.4, 0.5) is 0 Å². The zero-order valence-electron chi connectivity index (χ0n) is 8.22. The molecule has 0 aliphatic rings. The number of hydrogen-bond acceptors (Lipinski definition) is 3. The predicted molar refractivity (Wildman–Crippen MR) is 70.6 cm³/mol. The normalized spacial score (nSPS) is 10.8. The number of benzene rings is 1. The Hall–Kier alpha value is -1.26. The van der Waals surface area contributed by atoms with Gasteiger partial charge in [-0.25, -0.2) is 4.98 Å². The summed E-state index contributed by atoms with van der Waals surface area (Å²) in [5.41, 5.74) is 3.89. The molecule has 0 amide bonds. The van der Waals surface area contributed by atoms with Crippen molar-refractivity contribution in [1.29, 1.82) is 0 Å². The third-order valence-electron chi connectivity index (χ3n) is 2.32. The lowest BCUT2D eigenvalue weighted by Crippen LogP contribution is -1.87. The van der Waals surface area contributed by atoms with E-state index in [0.29, 0.717) is 0 Å². The molecule has 0 saturated heterocycles. The average Bonchev–Trinajstić information content (AvgIpc) is 2.82. The molecule has 2 heterocycles. The highest BCUT2D eigenvalue weighted by atomic mass is 79.9. The Morgan fingerprint density at radius 1 is 1.12 bits per heavy atom. The van der Waals surface area contributed by atoms with E-state index in [-0.39, 0.29) is 0 Å². The fraction of sp³-hybridized carbons (Fsp3) is 0. The number of fused-ring (bicyclic) bond motifs is 1. The number of aromatic nitrogens is 2. The van der Waals surface area contributed by atoms with Crippen molar-refractivity contribution in [2.75, 3.05) is 0 Å². The SMILES string of the molecule is Brc1ccc2nc(-c3ccsc3)cnc2c1. The van der Waals surface area contributed by atoms with E-state index in [1.165, 1.54) is 0 Å². The fourth-order valence-corrected chi connectivity index (χ4v) is 2.53. The Labute approximate surface area is 105 Å². The molecular formula is C12H7BrN2S. The molecule has 0 unspecified atom stereocenters. The summed E-state index contributed by atoms with van der Waals surface area (Å²) >= 11 is 5.09. The van der Waals surface area contributed by atoms with Gasteiger partial charge in [0.25, 0.3) is 0 Å². The van der Waals surface area contributed by atoms with Crippen LogP contribution in [0.1, 0.15) is 0 Å². The lowest BCUT2D eigenvalue weighted by molar-refractivity contribution is 1.29. The summed E-state index contributed by atoms with van der Waals surface area (Å²) in [5.74, 6) is 0. The van der Waals surface area contributed by atoms with E-state index in [1.54, 1.807) is 11.3 Å². The summed E-state index contributed by atoms with van der Waals surface area (Å²) in [4.78, 5) is 8.99. The molecule has 3 aromatic rings. The predicted octanol–water partition coefficient (Wildman–Crippen LogP) is 4.12. The van der Waals surface area contributed by atoms with Gasteiger partial charge in [0, 0.05) is 15.4 Å². The molecule has 4 heteroatoms. The molecule has 78 valence electrons. The standard InChI is InChI=1S/C12H7BrN2S/c13-9-1-2-10-11(5-9)14-6-12(15-10)8-3-4-16-7-8/h1-7H. The van der Waals surface area contributed by atoms with E-state index in [4.69, 9.17) is 0 Å². The molecule has 2 aromatic heterocycles. The van der Waals surface area contributed by atoms with Gasteiger partial charge in [-0.2, -0.15) is 11.3 Å². The second kappa shape index (κ2) is 3.96. The quantitative estimate of drug-likeness (QED) is 0.674. The second-order valence-electron chi connectivity index (χ2n) is 3.40. The number of nitrogens with zero attached hydrogens (tertiary/aromatic N) is 2. The van der Waals surface area contributed by atoms with Gasteiger partial charge in [0.2, 0.25) is 0 Å². The molecule has 0 saturated carbocycles. The first-order valence-electron chi connectivity index (χ1n) is 4.78. The number of hydrogen-bond donors (Lipinski definition) is 0. The molecule has 1 aromatic carbocycles. The highest BCUT2D eigenvalue weighted by molar-refractivity contribution is 9.10. The van der Waals surface area contributed by atoms with Gasteiger partial charge in [-0.15, -0.1) is 0 Å². The maximum absolute atomic E-state index is 4.58. The first kappa shape index (κ1) is 9.93. The Bertz CT molecular complexity index is 635. The summed E-state index contributed by atoms with van der Waals surface area (Å²) in [6, 6.07) is 7.98. The Balaban J connectivity index is 2.20. The van der Waals surface area contributed by atoms with Gasteiger partial charge in [-0.3, -0.25) is 4.98 Å². The second-order valence-corrected chi connectivity index (χ2v) is 5.10. The summed E-state index contributed by atoms with van der Waals surface area (Å²) < 4.78 is 1.03. The molecule has 0 aliphatic carbocycles. The molecule has 0 radical (unpaired) electrons. The lowest BCUT2D eigenvalue weighted by Gasteiger charge is -2.00.